The molecule has 0 bridgehead atoms. The van der Waals surface area contributed by atoms with Gasteiger partial charge in [-0.25, -0.2) is 9.59 Å². The van der Waals surface area contributed by atoms with E-state index in [9.17, 15) is 14.4 Å². The lowest BCUT2D eigenvalue weighted by Crippen LogP contribution is -2.44. The molecule has 1 N–H and O–H groups in total. The molecule has 0 aliphatic rings. The summed E-state index contributed by atoms with van der Waals surface area (Å²) in [6.45, 7) is 3.35. The molecule has 0 spiro atoms. The normalized spacial score (nSPS) is 12.0. The molecule has 1 rings (SSSR count). The Kier molecular flexibility index (Phi) is 8.70. The van der Waals surface area contributed by atoms with Crippen LogP contribution in [-0.4, -0.2) is 37.6 Å². The monoisotopic (exact) mass is 367 g/mol. The molecule has 1 aromatic carbocycles. The second-order valence-corrected chi connectivity index (χ2v) is 6.14. The highest BCUT2D eigenvalue weighted by atomic mass is 35.5. The molecule has 136 valence electrons. The highest BCUT2D eigenvalue weighted by Crippen LogP contribution is 2.16. The zero-order valence-electron chi connectivity index (χ0n) is 14.5. The van der Waals surface area contributed by atoms with Gasteiger partial charge in [0.15, 0.2) is 6.61 Å². The van der Waals surface area contributed by atoms with Gasteiger partial charge >= 0.3 is 11.9 Å². The second kappa shape index (κ2) is 10.5. The van der Waals surface area contributed by atoms with Crippen molar-refractivity contribution in [2.45, 2.75) is 26.3 Å². The van der Waals surface area contributed by atoms with Gasteiger partial charge in [-0.15, -0.1) is 0 Å². The molecule has 1 atom stereocenters. The number of hydrogen-bond acceptors (Lipinski definition) is 5. The minimum Gasteiger partial charge on any atom is -0.467 e. The summed E-state index contributed by atoms with van der Waals surface area (Å²) in [5, 5.41) is 3.00. The second-order valence-electron chi connectivity index (χ2n) is 5.74. The zero-order chi connectivity index (χ0) is 18.8. The van der Waals surface area contributed by atoms with Crippen LogP contribution in [0.3, 0.4) is 0 Å². The number of benzene rings is 1. The van der Waals surface area contributed by atoms with Crippen LogP contribution in [0.2, 0.25) is 5.02 Å². The van der Waals surface area contributed by atoms with Crippen LogP contribution in [0, 0.1) is 5.92 Å². The Labute approximate surface area is 152 Å². The minimum atomic E-state index is -0.769. The molecule has 6 nitrogen and oxygen atoms in total. The van der Waals surface area contributed by atoms with Crippen LogP contribution in [-0.2, 0) is 23.9 Å². The first-order chi connectivity index (χ1) is 11.8. The predicted molar refractivity (Wildman–Crippen MR) is 94.8 cm³/mol. The van der Waals surface area contributed by atoms with Crippen molar-refractivity contribution < 1.29 is 23.9 Å². The number of amides is 1. The molecule has 0 unspecified atom stereocenters. The van der Waals surface area contributed by atoms with Crippen LogP contribution in [0.15, 0.2) is 30.3 Å². The summed E-state index contributed by atoms with van der Waals surface area (Å²) in [5.41, 5.74) is 0.660. The number of methoxy groups -OCH3 is 1. The van der Waals surface area contributed by atoms with E-state index in [0.29, 0.717) is 17.0 Å². The summed E-state index contributed by atoms with van der Waals surface area (Å²) in [5.74, 6) is -1.61. The predicted octanol–water partition coefficient (Wildman–Crippen LogP) is 2.60. The van der Waals surface area contributed by atoms with Gasteiger partial charge in [-0.3, -0.25) is 4.79 Å². The Balaban J connectivity index is 2.50. The van der Waals surface area contributed by atoms with E-state index in [4.69, 9.17) is 16.3 Å². The van der Waals surface area contributed by atoms with Gasteiger partial charge in [0.2, 0.25) is 0 Å². The number of carbonyl (C=O) groups excluding carboxylic acids is 3. The van der Waals surface area contributed by atoms with E-state index in [2.05, 4.69) is 10.1 Å². The summed E-state index contributed by atoms with van der Waals surface area (Å²) < 4.78 is 9.51. The van der Waals surface area contributed by atoms with Crippen molar-refractivity contribution in [2.24, 2.45) is 5.92 Å². The third-order valence-corrected chi connectivity index (χ3v) is 3.52. The van der Waals surface area contributed by atoms with Gasteiger partial charge in [0, 0.05) is 11.1 Å². The first-order valence-electron chi connectivity index (χ1n) is 7.80. The maximum atomic E-state index is 11.8. The van der Waals surface area contributed by atoms with Crippen molar-refractivity contribution in [3.8, 4) is 0 Å². The van der Waals surface area contributed by atoms with Gasteiger partial charge in [-0.1, -0.05) is 43.6 Å². The lowest BCUT2D eigenvalue weighted by atomic mass is 10.0. The summed E-state index contributed by atoms with van der Waals surface area (Å²) in [4.78, 5) is 35.2. The van der Waals surface area contributed by atoms with Crippen LogP contribution in [0.25, 0.3) is 6.08 Å². The minimum absolute atomic E-state index is 0.186. The average molecular weight is 368 g/mol. The van der Waals surface area contributed by atoms with E-state index < -0.39 is 30.5 Å². The molecule has 0 aromatic heterocycles. The summed E-state index contributed by atoms with van der Waals surface area (Å²) in [6.07, 6.45) is 3.11. The quantitative estimate of drug-likeness (QED) is 0.564. The van der Waals surface area contributed by atoms with Crippen molar-refractivity contribution in [3.05, 3.63) is 40.9 Å². The third kappa shape index (κ3) is 7.85. The first kappa shape index (κ1) is 20.7. The van der Waals surface area contributed by atoms with Gasteiger partial charge in [-0.05, 0) is 30.0 Å². The molecule has 0 aliphatic heterocycles. The largest absolute Gasteiger partial charge is 0.467 e. The molecule has 0 saturated heterocycles. The smallest absolute Gasteiger partial charge is 0.331 e. The van der Waals surface area contributed by atoms with Crippen molar-refractivity contribution in [1.29, 1.82) is 0 Å². The Bertz CT molecular complexity index is 642. The molecule has 0 aliphatic carbocycles. The molecule has 0 heterocycles. The van der Waals surface area contributed by atoms with Crippen LogP contribution >= 0.6 is 11.6 Å². The van der Waals surface area contributed by atoms with E-state index in [1.54, 1.807) is 24.3 Å². The maximum Gasteiger partial charge on any atom is 0.331 e. The fourth-order valence-electron chi connectivity index (χ4n) is 2.02. The SMILES string of the molecule is COC(=O)[C@H](CC(C)C)NC(=O)COC(=O)/C=C/c1ccccc1Cl. The van der Waals surface area contributed by atoms with E-state index in [0.717, 1.165) is 0 Å². The Morgan fingerprint density at radius 3 is 2.52 bits per heavy atom. The summed E-state index contributed by atoms with van der Waals surface area (Å²) >= 11 is 5.97. The summed E-state index contributed by atoms with van der Waals surface area (Å²) in [6, 6.07) is 6.23. The van der Waals surface area contributed by atoms with Crippen LogP contribution < -0.4 is 5.32 Å². The van der Waals surface area contributed by atoms with Crippen molar-refractivity contribution in [2.75, 3.05) is 13.7 Å². The topological polar surface area (TPSA) is 81.7 Å². The van der Waals surface area contributed by atoms with Crippen LogP contribution in [0.1, 0.15) is 25.8 Å². The molecular formula is C18H22ClNO5. The lowest BCUT2D eigenvalue weighted by molar-refractivity contribution is -0.148. The van der Waals surface area contributed by atoms with E-state index in [-0.39, 0.29) is 5.92 Å². The maximum absolute atomic E-state index is 11.8. The fourth-order valence-corrected chi connectivity index (χ4v) is 2.22. The van der Waals surface area contributed by atoms with E-state index >= 15 is 0 Å². The Morgan fingerprint density at radius 1 is 1.24 bits per heavy atom. The van der Waals surface area contributed by atoms with Gasteiger partial charge in [-0.2, -0.15) is 0 Å². The molecule has 0 saturated carbocycles. The highest BCUT2D eigenvalue weighted by molar-refractivity contribution is 6.32. The molecule has 0 radical (unpaired) electrons. The van der Waals surface area contributed by atoms with Gasteiger partial charge in [0.25, 0.3) is 5.91 Å². The van der Waals surface area contributed by atoms with Crippen molar-refractivity contribution >= 4 is 35.5 Å². The molecular weight excluding hydrogens is 346 g/mol. The van der Waals surface area contributed by atoms with E-state index in [1.165, 1.54) is 19.3 Å². The fraction of sp³-hybridized carbons (Fsp3) is 0.389. The third-order valence-electron chi connectivity index (χ3n) is 3.18. The molecule has 0 fully saturated rings. The molecule has 1 aromatic rings. The van der Waals surface area contributed by atoms with Gasteiger partial charge < -0.3 is 14.8 Å². The number of rotatable bonds is 8. The van der Waals surface area contributed by atoms with Gasteiger partial charge in [0.05, 0.1) is 7.11 Å². The van der Waals surface area contributed by atoms with Crippen LogP contribution in [0.5, 0.6) is 0 Å². The zero-order valence-corrected chi connectivity index (χ0v) is 15.2. The number of esters is 2. The standard InChI is InChI=1S/C18H22ClNO5/c1-12(2)10-15(18(23)24-3)20-16(21)11-25-17(22)9-8-13-6-4-5-7-14(13)19/h4-9,12,15H,10-11H2,1-3H3,(H,20,21)/b9-8+/t15-/m0/s1. The summed E-state index contributed by atoms with van der Waals surface area (Å²) in [7, 11) is 1.25. The number of nitrogens with one attached hydrogen (secondary N) is 1. The average Bonchev–Trinajstić information content (AvgIpc) is 2.57. The van der Waals surface area contributed by atoms with Gasteiger partial charge in [0.1, 0.15) is 6.04 Å². The number of halogens is 1. The first-order valence-corrected chi connectivity index (χ1v) is 8.17. The lowest BCUT2D eigenvalue weighted by Gasteiger charge is -2.18. The Morgan fingerprint density at radius 2 is 1.92 bits per heavy atom. The number of carbonyl (C=O) groups is 3. The highest BCUT2D eigenvalue weighted by Gasteiger charge is 2.22. The molecule has 7 heteroatoms. The Hall–Kier alpha value is -2.34. The number of ether oxygens (including phenoxy) is 2. The molecule has 25 heavy (non-hydrogen) atoms. The molecule has 1 amide bonds. The van der Waals surface area contributed by atoms with Crippen molar-refractivity contribution in [3.63, 3.8) is 0 Å². The van der Waals surface area contributed by atoms with Crippen LogP contribution in [0.4, 0.5) is 0 Å². The number of hydrogen-bond donors (Lipinski definition) is 1. The van der Waals surface area contributed by atoms with E-state index in [1.807, 2.05) is 13.8 Å². The van der Waals surface area contributed by atoms with Crippen molar-refractivity contribution in [1.82, 2.24) is 5.32 Å².